The lowest BCUT2D eigenvalue weighted by Gasteiger charge is -2.14. The highest BCUT2D eigenvalue weighted by Gasteiger charge is 2.07. The second-order valence-electron chi connectivity index (χ2n) is 5.78. The summed E-state index contributed by atoms with van der Waals surface area (Å²) in [6.45, 7) is 6.94. The van der Waals surface area contributed by atoms with Crippen LogP contribution < -0.4 is 15.4 Å². The Labute approximate surface area is 144 Å². The Morgan fingerprint density at radius 2 is 1.96 bits per heavy atom. The largest absolute Gasteiger partial charge is 0.496 e. The van der Waals surface area contributed by atoms with Crippen molar-refractivity contribution in [2.24, 2.45) is 4.99 Å². The third-order valence-corrected chi connectivity index (χ3v) is 3.34. The molecule has 6 nitrogen and oxygen atoms in total. The molecule has 0 saturated heterocycles. The third kappa shape index (κ3) is 7.35. The van der Waals surface area contributed by atoms with Crippen molar-refractivity contribution in [3.8, 4) is 5.75 Å². The van der Waals surface area contributed by atoms with E-state index in [1.54, 1.807) is 14.2 Å². The molecule has 0 aliphatic rings. The molecular weight excluding hydrogens is 306 g/mol. The lowest BCUT2D eigenvalue weighted by atomic mass is 10.1. The summed E-state index contributed by atoms with van der Waals surface area (Å²) in [5, 5.41) is 6.34. The van der Waals surface area contributed by atoms with Gasteiger partial charge in [-0.15, -0.1) is 0 Å². The van der Waals surface area contributed by atoms with Crippen LogP contribution in [0.25, 0.3) is 0 Å². The molecule has 24 heavy (non-hydrogen) atoms. The van der Waals surface area contributed by atoms with Crippen molar-refractivity contribution in [1.29, 1.82) is 0 Å². The van der Waals surface area contributed by atoms with E-state index in [0.29, 0.717) is 18.9 Å². The summed E-state index contributed by atoms with van der Waals surface area (Å²) in [5.41, 5.74) is 2.36. The molecule has 0 atom stereocenters. The number of rotatable bonds is 8. The topological polar surface area (TPSA) is 72.0 Å². The number of hydrogen-bond acceptors (Lipinski definition) is 4. The van der Waals surface area contributed by atoms with Crippen molar-refractivity contribution in [3.05, 3.63) is 29.3 Å². The van der Waals surface area contributed by atoms with E-state index in [0.717, 1.165) is 24.3 Å². The molecule has 6 heteroatoms. The van der Waals surface area contributed by atoms with Gasteiger partial charge < -0.3 is 20.1 Å². The van der Waals surface area contributed by atoms with E-state index < -0.39 is 0 Å². The Balaban J connectivity index is 2.37. The second-order valence-corrected chi connectivity index (χ2v) is 5.78. The Morgan fingerprint density at radius 3 is 2.58 bits per heavy atom. The lowest BCUT2D eigenvalue weighted by Crippen LogP contribution is -2.39. The number of ether oxygens (including phenoxy) is 2. The molecule has 0 spiro atoms. The number of carbonyl (C=O) groups is 1. The Kier molecular flexibility index (Phi) is 8.68. The summed E-state index contributed by atoms with van der Waals surface area (Å²) < 4.78 is 10.5. The number of nitrogens with zero attached hydrogens (tertiary/aromatic N) is 1. The van der Waals surface area contributed by atoms with Gasteiger partial charge >= 0.3 is 5.97 Å². The molecule has 0 radical (unpaired) electrons. The fourth-order valence-electron chi connectivity index (χ4n) is 2.24. The number of methoxy groups -OCH3 is 1. The highest BCUT2D eigenvalue weighted by atomic mass is 16.5. The molecule has 1 aromatic rings. The van der Waals surface area contributed by atoms with Crippen LogP contribution in [0.15, 0.2) is 23.2 Å². The summed E-state index contributed by atoms with van der Waals surface area (Å²) in [6, 6.07) is 6.14. The smallest absolute Gasteiger partial charge is 0.307 e. The standard InChI is InChI=1S/C18H29N3O3/c1-13(2)24-17(22)9-11-21-18(19-4)20-10-8-15-12-14(3)6-7-16(15)23-5/h6-7,12-13H,8-11H2,1-5H3,(H2,19,20,21). The first kappa shape index (κ1) is 19.8. The average molecular weight is 335 g/mol. The van der Waals surface area contributed by atoms with Crippen LogP contribution in [0.1, 0.15) is 31.4 Å². The number of aliphatic imine (C=N–C) groups is 1. The first-order valence-corrected chi connectivity index (χ1v) is 8.23. The van der Waals surface area contributed by atoms with Crippen molar-refractivity contribution < 1.29 is 14.3 Å². The zero-order valence-corrected chi connectivity index (χ0v) is 15.3. The van der Waals surface area contributed by atoms with Crippen LogP contribution in [0.2, 0.25) is 0 Å². The van der Waals surface area contributed by atoms with Gasteiger partial charge in [-0.3, -0.25) is 9.79 Å². The van der Waals surface area contributed by atoms with Gasteiger partial charge in [0.1, 0.15) is 5.75 Å². The van der Waals surface area contributed by atoms with Gasteiger partial charge in [-0.2, -0.15) is 0 Å². The first-order chi connectivity index (χ1) is 11.5. The minimum absolute atomic E-state index is 0.0840. The molecule has 0 saturated carbocycles. The van der Waals surface area contributed by atoms with Crippen LogP contribution in [0, 0.1) is 6.92 Å². The summed E-state index contributed by atoms with van der Waals surface area (Å²) in [7, 11) is 3.38. The number of aryl methyl sites for hydroxylation is 1. The maximum atomic E-state index is 11.5. The first-order valence-electron chi connectivity index (χ1n) is 8.23. The lowest BCUT2D eigenvalue weighted by molar-refractivity contribution is -0.147. The monoisotopic (exact) mass is 335 g/mol. The normalized spacial score (nSPS) is 11.3. The van der Waals surface area contributed by atoms with Gasteiger partial charge in [-0.25, -0.2) is 0 Å². The SMILES string of the molecule is CN=C(NCCC(=O)OC(C)C)NCCc1cc(C)ccc1OC. The van der Waals surface area contributed by atoms with Crippen molar-refractivity contribution in [2.45, 2.75) is 39.7 Å². The zero-order valence-electron chi connectivity index (χ0n) is 15.3. The number of hydrogen-bond donors (Lipinski definition) is 2. The van der Waals surface area contributed by atoms with Gasteiger partial charge in [0, 0.05) is 20.1 Å². The number of nitrogens with one attached hydrogen (secondary N) is 2. The summed E-state index contributed by atoms with van der Waals surface area (Å²) in [4.78, 5) is 15.6. The Hall–Kier alpha value is -2.24. The maximum Gasteiger partial charge on any atom is 0.307 e. The Morgan fingerprint density at radius 1 is 1.25 bits per heavy atom. The number of guanidine groups is 1. The molecule has 0 unspecified atom stereocenters. The van der Waals surface area contributed by atoms with Crippen LogP contribution in [0.4, 0.5) is 0 Å². The van der Waals surface area contributed by atoms with Crippen LogP contribution in [0.5, 0.6) is 5.75 Å². The van der Waals surface area contributed by atoms with Gasteiger partial charge in [0.2, 0.25) is 0 Å². The molecule has 134 valence electrons. The summed E-state index contributed by atoms with van der Waals surface area (Å²) in [6.07, 6.45) is 1.05. The summed E-state index contributed by atoms with van der Waals surface area (Å²) >= 11 is 0. The molecule has 0 heterocycles. The van der Waals surface area contributed by atoms with Gasteiger partial charge in [0.15, 0.2) is 5.96 Å². The van der Waals surface area contributed by atoms with Crippen LogP contribution >= 0.6 is 0 Å². The minimum Gasteiger partial charge on any atom is -0.496 e. The molecule has 0 aliphatic heterocycles. The summed E-state index contributed by atoms with van der Waals surface area (Å²) in [5.74, 6) is 1.35. The van der Waals surface area contributed by atoms with Gasteiger partial charge in [-0.05, 0) is 38.8 Å². The van der Waals surface area contributed by atoms with Crippen molar-refractivity contribution in [2.75, 3.05) is 27.2 Å². The molecule has 2 N–H and O–H groups in total. The van der Waals surface area contributed by atoms with E-state index in [2.05, 4.69) is 28.6 Å². The highest BCUT2D eigenvalue weighted by molar-refractivity contribution is 5.80. The zero-order chi connectivity index (χ0) is 17.9. The molecule has 0 amide bonds. The van der Waals surface area contributed by atoms with E-state index >= 15 is 0 Å². The molecular formula is C18H29N3O3. The fourth-order valence-corrected chi connectivity index (χ4v) is 2.24. The molecule has 0 bridgehead atoms. The molecule has 1 rings (SSSR count). The molecule has 0 aliphatic carbocycles. The van der Waals surface area contributed by atoms with E-state index in [-0.39, 0.29) is 12.1 Å². The van der Waals surface area contributed by atoms with Crippen LogP contribution in [-0.4, -0.2) is 45.3 Å². The van der Waals surface area contributed by atoms with E-state index in [1.165, 1.54) is 5.56 Å². The van der Waals surface area contributed by atoms with Crippen LogP contribution in [-0.2, 0) is 16.0 Å². The molecule has 0 aromatic heterocycles. The van der Waals surface area contributed by atoms with Gasteiger partial charge in [-0.1, -0.05) is 17.7 Å². The molecule has 1 aromatic carbocycles. The maximum absolute atomic E-state index is 11.5. The van der Waals surface area contributed by atoms with Gasteiger partial charge in [0.05, 0.1) is 19.6 Å². The predicted molar refractivity (Wildman–Crippen MR) is 96.6 cm³/mol. The average Bonchev–Trinajstić information content (AvgIpc) is 2.53. The highest BCUT2D eigenvalue weighted by Crippen LogP contribution is 2.19. The van der Waals surface area contributed by atoms with E-state index in [9.17, 15) is 4.79 Å². The number of esters is 1. The number of benzene rings is 1. The van der Waals surface area contributed by atoms with Crippen molar-refractivity contribution in [3.63, 3.8) is 0 Å². The van der Waals surface area contributed by atoms with Crippen molar-refractivity contribution >= 4 is 11.9 Å². The van der Waals surface area contributed by atoms with E-state index in [1.807, 2.05) is 26.0 Å². The van der Waals surface area contributed by atoms with Gasteiger partial charge in [0.25, 0.3) is 0 Å². The second kappa shape index (κ2) is 10.5. The fraction of sp³-hybridized carbons (Fsp3) is 0.556. The van der Waals surface area contributed by atoms with E-state index in [4.69, 9.17) is 9.47 Å². The quantitative estimate of drug-likeness (QED) is 0.432. The Bertz CT molecular complexity index is 556. The van der Waals surface area contributed by atoms with Crippen molar-refractivity contribution in [1.82, 2.24) is 10.6 Å². The molecule has 0 fully saturated rings. The predicted octanol–water partition coefficient (Wildman–Crippen LogP) is 2.05. The third-order valence-electron chi connectivity index (χ3n) is 3.34. The number of carbonyl (C=O) groups excluding carboxylic acids is 1. The van der Waals surface area contributed by atoms with Crippen LogP contribution in [0.3, 0.4) is 0 Å². The minimum atomic E-state index is -0.211.